The van der Waals surface area contributed by atoms with Crippen LogP contribution in [-0.4, -0.2) is 29.3 Å². The molecule has 1 aromatic heterocycles. The zero-order chi connectivity index (χ0) is 11.7. The molecule has 1 aliphatic rings. The first-order valence-electron chi connectivity index (χ1n) is 5.17. The van der Waals surface area contributed by atoms with E-state index in [1.807, 2.05) is 17.7 Å². The Kier molecular flexibility index (Phi) is 2.96. The van der Waals surface area contributed by atoms with E-state index in [4.69, 9.17) is 0 Å². The lowest BCUT2D eigenvalue weighted by atomic mass is 10.1. The average molecular weight is 238 g/mol. The summed E-state index contributed by atoms with van der Waals surface area (Å²) in [6, 6.07) is -0.403. The molecule has 1 N–H and O–H groups in total. The lowest BCUT2D eigenvalue weighted by Crippen LogP contribution is -2.56. The number of piperazine rings is 1. The number of nitrogens with zero attached hydrogens (tertiary/aromatic N) is 1. The summed E-state index contributed by atoms with van der Waals surface area (Å²) in [6.07, 6.45) is 0. The molecule has 0 aromatic carbocycles. The Balaban J connectivity index is 2.12. The summed E-state index contributed by atoms with van der Waals surface area (Å²) in [5.74, 6) is -0.0924. The van der Waals surface area contributed by atoms with Crippen molar-refractivity contribution in [3.8, 4) is 0 Å². The summed E-state index contributed by atoms with van der Waals surface area (Å²) in [7, 11) is 0. The van der Waals surface area contributed by atoms with Crippen LogP contribution in [0, 0.1) is 6.92 Å². The molecule has 0 saturated carbocycles. The second-order valence-electron chi connectivity index (χ2n) is 4.06. The number of hydrogen-bond donors (Lipinski definition) is 1. The van der Waals surface area contributed by atoms with Crippen molar-refractivity contribution >= 4 is 23.2 Å². The van der Waals surface area contributed by atoms with Crippen molar-refractivity contribution in [2.24, 2.45) is 0 Å². The maximum absolute atomic E-state index is 11.8. The van der Waals surface area contributed by atoms with Gasteiger partial charge < -0.3 is 10.2 Å². The number of carbonyl (C=O) groups is 2. The molecule has 1 unspecified atom stereocenters. The van der Waals surface area contributed by atoms with Gasteiger partial charge in [0.25, 0.3) is 0 Å². The second-order valence-corrected chi connectivity index (χ2v) is 4.81. The zero-order valence-electron chi connectivity index (χ0n) is 9.32. The standard InChI is InChI=1S/C11H14N2O2S/c1-7-5-16-6-9(7)3-13-4-10(14)12-8(2)11(13)15/h5-6,8H,3-4H2,1-2H3,(H,12,14). The number of thiophene rings is 1. The first-order valence-corrected chi connectivity index (χ1v) is 6.12. The SMILES string of the molecule is Cc1cscc1CN1CC(=O)NC(C)C1=O. The van der Waals surface area contributed by atoms with Gasteiger partial charge in [0.05, 0.1) is 6.54 Å². The lowest BCUT2D eigenvalue weighted by molar-refractivity contribution is -0.144. The van der Waals surface area contributed by atoms with Crippen LogP contribution in [-0.2, 0) is 16.1 Å². The van der Waals surface area contributed by atoms with Gasteiger partial charge in [0, 0.05) is 6.54 Å². The van der Waals surface area contributed by atoms with E-state index in [1.165, 1.54) is 5.56 Å². The summed E-state index contributed by atoms with van der Waals surface area (Å²) in [4.78, 5) is 24.8. The molecule has 86 valence electrons. The van der Waals surface area contributed by atoms with Gasteiger partial charge in [0.15, 0.2) is 0 Å². The Morgan fingerprint density at radius 3 is 2.88 bits per heavy atom. The van der Waals surface area contributed by atoms with Crippen molar-refractivity contribution in [2.75, 3.05) is 6.54 Å². The Bertz CT molecular complexity index is 427. The summed E-state index contributed by atoms with van der Waals surface area (Å²) >= 11 is 1.62. The molecule has 1 saturated heterocycles. The molecule has 1 aromatic rings. The smallest absolute Gasteiger partial charge is 0.245 e. The largest absolute Gasteiger partial charge is 0.343 e. The van der Waals surface area contributed by atoms with Gasteiger partial charge in [-0.25, -0.2) is 0 Å². The van der Waals surface area contributed by atoms with E-state index in [0.717, 1.165) is 5.56 Å². The predicted molar refractivity (Wildman–Crippen MR) is 62.1 cm³/mol. The summed E-state index contributed by atoms with van der Waals surface area (Å²) in [5, 5.41) is 6.70. The van der Waals surface area contributed by atoms with Gasteiger partial charge in [-0.15, -0.1) is 0 Å². The average Bonchev–Trinajstić information content (AvgIpc) is 2.60. The van der Waals surface area contributed by atoms with Crippen LogP contribution in [0.2, 0.25) is 0 Å². The fourth-order valence-corrected chi connectivity index (χ4v) is 2.61. The number of carbonyl (C=O) groups excluding carboxylic acids is 2. The predicted octanol–water partition coefficient (Wildman–Crippen LogP) is 0.903. The van der Waals surface area contributed by atoms with E-state index >= 15 is 0 Å². The van der Waals surface area contributed by atoms with Crippen LogP contribution in [0.15, 0.2) is 10.8 Å². The third kappa shape index (κ3) is 2.09. The Morgan fingerprint density at radius 2 is 2.25 bits per heavy atom. The van der Waals surface area contributed by atoms with E-state index in [2.05, 4.69) is 5.32 Å². The minimum atomic E-state index is -0.403. The first kappa shape index (κ1) is 11.1. The lowest BCUT2D eigenvalue weighted by Gasteiger charge is -2.30. The van der Waals surface area contributed by atoms with E-state index in [1.54, 1.807) is 23.2 Å². The number of rotatable bonds is 2. The number of nitrogens with one attached hydrogen (secondary N) is 1. The summed E-state index contributed by atoms with van der Waals surface area (Å²) < 4.78 is 0. The van der Waals surface area contributed by atoms with E-state index in [0.29, 0.717) is 6.54 Å². The van der Waals surface area contributed by atoms with Crippen molar-refractivity contribution in [1.29, 1.82) is 0 Å². The molecule has 4 nitrogen and oxygen atoms in total. The van der Waals surface area contributed by atoms with Crippen LogP contribution >= 0.6 is 11.3 Å². The summed E-state index contributed by atoms with van der Waals surface area (Å²) in [6.45, 7) is 4.43. The quantitative estimate of drug-likeness (QED) is 0.832. The van der Waals surface area contributed by atoms with Gasteiger partial charge in [0.1, 0.15) is 6.04 Å². The molecule has 0 spiro atoms. The molecule has 16 heavy (non-hydrogen) atoms. The molecule has 1 aliphatic heterocycles. The molecule has 2 amide bonds. The molecule has 0 radical (unpaired) electrons. The normalized spacial score (nSPS) is 21.1. The molecule has 2 rings (SSSR count). The van der Waals surface area contributed by atoms with Gasteiger partial charge in [-0.3, -0.25) is 9.59 Å². The van der Waals surface area contributed by atoms with Gasteiger partial charge in [-0.2, -0.15) is 11.3 Å². The van der Waals surface area contributed by atoms with Crippen molar-refractivity contribution in [3.63, 3.8) is 0 Å². The fourth-order valence-electron chi connectivity index (χ4n) is 1.76. The Morgan fingerprint density at radius 1 is 1.50 bits per heavy atom. The fraction of sp³-hybridized carbons (Fsp3) is 0.455. The van der Waals surface area contributed by atoms with Crippen molar-refractivity contribution in [3.05, 3.63) is 21.9 Å². The number of hydrogen-bond acceptors (Lipinski definition) is 3. The van der Waals surface area contributed by atoms with Crippen molar-refractivity contribution in [1.82, 2.24) is 10.2 Å². The highest BCUT2D eigenvalue weighted by Crippen LogP contribution is 2.17. The minimum absolute atomic E-state index is 0.00907. The highest BCUT2D eigenvalue weighted by atomic mass is 32.1. The summed E-state index contributed by atoms with van der Waals surface area (Å²) in [5.41, 5.74) is 2.30. The van der Waals surface area contributed by atoms with Gasteiger partial charge in [-0.1, -0.05) is 0 Å². The molecule has 5 heteroatoms. The van der Waals surface area contributed by atoms with Crippen LogP contribution in [0.4, 0.5) is 0 Å². The molecule has 0 bridgehead atoms. The minimum Gasteiger partial charge on any atom is -0.343 e. The molecular formula is C11H14N2O2S. The Hall–Kier alpha value is -1.36. The topological polar surface area (TPSA) is 49.4 Å². The maximum Gasteiger partial charge on any atom is 0.245 e. The van der Waals surface area contributed by atoms with Crippen LogP contribution in [0.1, 0.15) is 18.1 Å². The Labute approximate surface area is 98.3 Å². The molecule has 1 atom stereocenters. The zero-order valence-corrected chi connectivity index (χ0v) is 10.1. The van der Waals surface area contributed by atoms with Crippen molar-refractivity contribution < 1.29 is 9.59 Å². The van der Waals surface area contributed by atoms with E-state index in [-0.39, 0.29) is 18.4 Å². The van der Waals surface area contributed by atoms with Gasteiger partial charge in [0.2, 0.25) is 11.8 Å². The van der Waals surface area contributed by atoms with E-state index in [9.17, 15) is 9.59 Å². The number of aryl methyl sites for hydroxylation is 1. The first-order chi connectivity index (χ1) is 7.58. The molecular weight excluding hydrogens is 224 g/mol. The second kappa shape index (κ2) is 4.25. The highest BCUT2D eigenvalue weighted by molar-refractivity contribution is 7.08. The van der Waals surface area contributed by atoms with Crippen LogP contribution in [0.5, 0.6) is 0 Å². The van der Waals surface area contributed by atoms with E-state index < -0.39 is 6.04 Å². The van der Waals surface area contributed by atoms with Crippen molar-refractivity contribution in [2.45, 2.75) is 26.4 Å². The van der Waals surface area contributed by atoms with Crippen LogP contribution < -0.4 is 5.32 Å². The monoisotopic (exact) mass is 238 g/mol. The highest BCUT2D eigenvalue weighted by Gasteiger charge is 2.29. The maximum atomic E-state index is 11.8. The van der Waals surface area contributed by atoms with Gasteiger partial charge in [-0.05, 0) is 35.7 Å². The third-order valence-electron chi connectivity index (χ3n) is 2.72. The van der Waals surface area contributed by atoms with Crippen LogP contribution in [0.25, 0.3) is 0 Å². The molecule has 1 fully saturated rings. The number of amides is 2. The molecule has 2 heterocycles. The third-order valence-corrected chi connectivity index (χ3v) is 3.63. The van der Waals surface area contributed by atoms with Gasteiger partial charge >= 0.3 is 0 Å². The van der Waals surface area contributed by atoms with Crippen LogP contribution in [0.3, 0.4) is 0 Å². The molecule has 0 aliphatic carbocycles.